The lowest BCUT2D eigenvalue weighted by molar-refractivity contribution is -0.140. The van der Waals surface area contributed by atoms with Crippen LogP contribution in [0.3, 0.4) is 0 Å². The molecule has 0 heterocycles. The van der Waals surface area contributed by atoms with Gasteiger partial charge in [0.05, 0.1) is 12.7 Å². The van der Waals surface area contributed by atoms with Crippen LogP contribution in [-0.2, 0) is 14.3 Å². The molecule has 9 nitrogen and oxygen atoms in total. The van der Waals surface area contributed by atoms with Gasteiger partial charge < -0.3 is 25.4 Å². The summed E-state index contributed by atoms with van der Waals surface area (Å²) in [6, 6.07) is 10.4. The van der Waals surface area contributed by atoms with Crippen LogP contribution in [0.25, 0.3) is 0 Å². The number of carbonyl (C=O) groups is 3. The summed E-state index contributed by atoms with van der Waals surface area (Å²) in [5.41, 5.74) is 3.59. The van der Waals surface area contributed by atoms with Crippen molar-refractivity contribution in [3.8, 4) is 6.07 Å². The minimum Gasteiger partial charge on any atom is -0.444 e. The number of para-hydroxylation sites is 1. The summed E-state index contributed by atoms with van der Waals surface area (Å²) < 4.78 is 5.22. The van der Waals surface area contributed by atoms with E-state index in [9.17, 15) is 24.8 Å². The largest absolute Gasteiger partial charge is 0.444 e. The Bertz CT molecular complexity index is 1180. The highest BCUT2D eigenvalue weighted by molar-refractivity contribution is 6.00. The van der Waals surface area contributed by atoms with Crippen LogP contribution >= 0.6 is 0 Å². The molecule has 0 spiro atoms. The summed E-state index contributed by atoms with van der Waals surface area (Å²) in [4.78, 5) is 40.9. The third kappa shape index (κ3) is 7.79. The molecule has 9 heteroatoms. The summed E-state index contributed by atoms with van der Waals surface area (Å²) >= 11 is 0. The number of nitrogens with zero attached hydrogens (tertiary/aromatic N) is 2. The van der Waals surface area contributed by atoms with E-state index in [1.165, 1.54) is 0 Å². The first-order chi connectivity index (χ1) is 17.3. The van der Waals surface area contributed by atoms with Gasteiger partial charge in [-0.2, -0.15) is 5.26 Å². The minimum atomic E-state index is -1.43. The number of nitriles is 1. The summed E-state index contributed by atoms with van der Waals surface area (Å²) in [5, 5.41) is 24.8. The van der Waals surface area contributed by atoms with E-state index in [0.29, 0.717) is 11.3 Å². The van der Waals surface area contributed by atoms with E-state index >= 15 is 0 Å². The molecule has 0 aliphatic heterocycles. The number of alkyl carbamates (subject to hydrolysis) is 1. The van der Waals surface area contributed by atoms with Crippen molar-refractivity contribution in [2.45, 2.75) is 66.2 Å². The van der Waals surface area contributed by atoms with Crippen molar-refractivity contribution in [1.29, 1.82) is 5.26 Å². The smallest absolute Gasteiger partial charge is 0.408 e. The molecule has 198 valence electrons. The van der Waals surface area contributed by atoms with E-state index < -0.39 is 48.7 Å². The van der Waals surface area contributed by atoms with Gasteiger partial charge in [-0.15, -0.1) is 0 Å². The lowest BCUT2D eigenvalue weighted by Crippen LogP contribution is -2.54. The molecule has 0 aromatic heterocycles. The maximum Gasteiger partial charge on any atom is 0.408 e. The summed E-state index contributed by atoms with van der Waals surface area (Å²) in [6.07, 6.45) is -0.903. The number of aliphatic hydroxyl groups is 1. The first-order valence-electron chi connectivity index (χ1n) is 12.0. The number of aliphatic hydroxyl groups excluding tert-OH is 1. The number of rotatable bonds is 8. The maximum absolute atomic E-state index is 13.8. The number of ether oxygens (including phenoxy) is 1. The molecule has 2 rings (SSSR count). The SMILES string of the molecule is Cc1ccc(C)c(C(C(=O)Nc2c(C)cccc2C)N(CC#N)C(=O)C(CO)NC(=O)OC(C)(C)C)c1. The van der Waals surface area contributed by atoms with Crippen LogP contribution in [0.5, 0.6) is 0 Å². The Hall–Kier alpha value is -3.90. The maximum atomic E-state index is 13.8. The van der Waals surface area contributed by atoms with Crippen LogP contribution in [-0.4, -0.2) is 52.7 Å². The van der Waals surface area contributed by atoms with Gasteiger partial charge in [0.25, 0.3) is 5.91 Å². The second-order valence-electron chi connectivity index (χ2n) is 10.0. The third-order valence-electron chi connectivity index (χ3n) is 5.71. The Morgan fingerprint density at radius 3 is 2.22 bits per heavy atom. The lowest BCUT2D eigenvalue weighted by atomic mass is 9.96. The highest BCUT2D eigenvalue weighted by Gasteiger charge is 2.37. The molecule has 3 N–H and O–H groups in total. The molecule has 0 aliphatic carbocycles. The van der Waals surface area contributed by atoms with Crippen molar-refractivity contribution in [2.24, 2.45) is 0 Å². The van der Waals surface area contributed by atoms with Crippen molar-refractivity contribution < 1.29 is 24.2 Å². The fraction of sp³-hybridized carbons (Fsp3) is 0.429. The zero-order valence-electron chi connectivity index (χ0n) is 22.5. The van der Waals surface area contributed by atoms with Crippen molar-refractivity contribution in [2.75, 3.05) is 18.5 Å². The van der Waals surface area contributed by atoms with Gasteiger partial charge in [-0.05, 0) is 70.7 Å². The number of amides is 3. The minimum absolute atomic E-state index is 0.455. The lowest BCUT2D eigenvalue weighted by Gasteiger charge is -2.33. The Morgan fingerprint density at radius 1 is 1.05 bits per heavy atom. The molecule has 0 saturated carbocycles. The van der Waals surface area contributed by atoms with Crippen molar-refractivity contribution in [3.05, 3.63) is 64.2 Å². The Kier molecular flexibility index (Phi) is 9.81. The van der Waals surface area contributed by atoms with Gasteiger partial charge in [-0.25, -0.2) is 4.79 Å². The molecule has 0 bridgehead atoms. The Labute approximate surface area is 218 Å². The average Bonchev–Trinajstić information content (AvgIpc) is 2.80. The quantitative estimate of drug-likeness (QED) is 0.464. The van der Waals surface area contributed by atoms with Crippen molar-refractivity contribution >= 4 is 23.6 Å². The number of benzene rings is 2. The number of nitrogens with one attached hydrogen (secondary N) is 2. The van der Waals surface area contributed by atoms with Gasteiger partial charge in [0.2, 0.25) is 5.91 Å². The highest BCUT2D eigenvalue weighted by atomic mass is 16.6. The molecule has 37 heavy (non-hydrogen) atoms. The molecular formula is C28H36N4O5. The summed E-state index contributed by atoms with van der Waals surface area (Å²) in [6.45, 7) is 11.2. The standard InChI is InChI=1S/C28H36N4O5/c1-17-11-12-18(2)21(15-17)24(25(34)31-23-19(3)9-8-10-20(23)4)32(14-13-29)26(35)22(16-33)30-27(36)37-28(5,6)7/h8-12,15,22,24,33H,14,16H2,1-7H3,(H,30,36)(H,31,34). The molecule has 3 amide bonds. The zero-order chi connectivity index (χ0) is 27.9. The molecule has 0 aliphatic rings. The molecular weight excluding hydrogens is 472 g/mol. The molecule has 2 atom stereocenters. The molecule has 0 saturated heterocycles. The van der Waals surface area contributed by atoms with Crippen LogP contribution in [0.15, 0.2) is 36.4 Å². The summed E-state index contributed by atoms with van der Waals surface area (Å²) in [7, 11) is 0. The summed E-state index contributed by atoms with van der Waals surface area (Å²) in [5.74, 6) is -1.32. The van der Waals surface area contributed by atoms with Crippen LogP contribution in [0.4, 0.5) is 10.5 Å². The second-order valence-corrected chi connectivity index (χ2v) is 10.0. The number of hydrogen-bond donors (Lipinski definition) is 3. The van der Waals surface area contributed by atoms with Gasteiger partial charge in [0, 0.05) is 5.69 Å². The number of carbonyl (C=O) groups excluding carboxylic acids is 3. The van der Waals surface area contributed by atoms with Crippen molar-refractivity contribution in [3.63, 3.8) is 0 Å². The van der Waals surface area contributed by atoms with Crippen molar-refractivity contribution in [1.82, 2.24) is 10.2 Å². The zero-order valence-corrected chi connectivity index (χ0v) is 22.5. The van der Waals surface area contributed by atoms with E-state index in [-0.39, 0.29) is 0 Å². The van der Waals surface area contributed by atoms with E-state index in [4.69, 9.17) is 4.74 Å². The van der Waals surface area contributed by atoms with Gasteiger partial charge in [0.1, 0.15) is 24.2 Å². The van der Waals surface area contributed by atoms with Crippen LogP contribution in [0.1, 0.15) is 54.6 Å². The van der Waals surface area contributed by atoms with E-state index in [2.05, 4.69) is 10.6 Å². The van der Waals surface area contributed by atoms with E-state index in [1.807, 2.05) is 64.1 Å². The first kappa shape index (κ1) is 29.3. The first-order valence-corrected chi connectivity index (χ1v) is 12.0. The van der Waals surface area contributed by atoms with Crippen LogP contribution < -0.4 is 10.6 Å². The number of aryl methyl sites for hydroxylation is 4. The molecule has 0 fully saturated rings. The third-order valence-corrected chi connectivity index (χ3v) is 5.71. The highest BCUT2D eigenvalue weighted by Crippen LogP contribution is 2.29. The molecule has 0 radical (unpaired) electrons. The molecule has 2 unspecified atom stereocenters. The number of hydrogen-bond acceptors (Lipinski definition) is 6. The predicted molar refractivity (Wildman–Crippen MR) is 141 cm³/mol. The van der Waals surface area contributed by atoms with E-state index in [0.717, 1.165) is 27.2 Å². The van der Waals surface area contributed by atoms with Gasteiger partial charge in [-0.3, -0.25) is 9.59 Å². The second kappa shape index (κ2) is 12.4. The predicted octanol–water partition coefficient (Wildman–Crippen LogP) is 3.84. The fourth-order valence-electron chi connectivity index (χ4n) is 3.92. The van der Waals surface area contributed by atoms with Gasteiger partial charge in [-0.1, -0.05) is 42.0 Å². The fourth-order valence-corrected chi connectivity index (χ4v) is 3.92. The Morgan fingerprint density at radius 2 is 1.68 bits per heavy atom. The van der Waals surface area contributed by atoms with E-state index in [1.54, 1.807) is 26.8 Å². The normalized spacial score (nSPS) is 12.6. The monoisotopic (exact) mass is 508 g/mol. The Balaban J connectivity index is 2.56. The van der Waals surface area contributed by atoms with Crippen LogP contribution in [0.2, 0.25) is 0 Å². The molecule has 2 aromatic rings. The van der Waals surface area contributed by atoms with Gasteiger partial charge in [0.15, 0.2) is 0 Å². The average molecular weight is 509 g/mol. The topological polar surface area (TPSA) is 132 Å². The molecule has 2 aromatic carbocycles. The number of anilines is 1. The van der Waals surface area contributed by atoms with Gasteiger partial charge >= 0.3 is 6.09 Å². The van der Waals surface area contributed by atoms with Crippen LogP contribution in [0, 0.1) is 39.0 Å².